The number of carbonyl (C=O) groups is 1. The van der Waals surface area contributed by atoms with Crippen molar-refractivity contribution in [2.45, 2.75) is 40.5 Å². The molecule has 0 aliphatic carbocycles. The minimum Gasteiger partial charge on any atom is -0.381 e. The quantitative estimate of drug-likeness (QED) is 0.564. The normalized spacial score (nSPS) is 21.6. The van der Waals surface area contributed by atoms with Crippen molar-refractivity contribution in [3.8, 4) is 0 Å². The van der Waals surface area contributed by atoms with Crippen molar-refractivity contribution in [3.63, 3.8) is 0 Å². The maximum absolute atomic E-state index is 10.4. The number of hydrogen-bond donors (Lipinski definition) is 0. The fraction of sp³-hybridized carbons (Fsp3) is 0.667. The van der Waals surface area contributed by atoms with Crippen LogP contribution in [-0.4, -0.2) is 19.0 Å². The van der Waals surface area contributed by atoms with Crippen LogP contribution >= 0.6 is 15.9 Å². The molecular formula is C15H25BrO2. The number of rotatable bonds is 4. The summed E-state index contributed by atoms with van der Waals surface area (Å²) in [6, 6.07) is 0. The Labute approximate surface area is 120 Å². The lowest BCUT2D eigenvalue weighted by atomic mass is 9.91. The lowest BCUT2D eigenvalue weighted by Crippen LogP contribution is -2.09. The first-order valence-electron chi connectivity index (χ1n) is 6.59. The molecule has 18 heavy (non-hydrogen) atoms. The second-order valence-corrected chi connectivity index (χ2v) is 5.56. The maximum Gasteiger partial charge on any atom is 0.153 e. The number of carbonyl (C=O) groups excluding carboxylic acids is 1. The molecule has 1 fully saturated rings. The van der Waals surface area contributed by atoms with E-state index in [9.17, 15) is 4.79 Å². The van der Waals surface area contributed by atoms with Crippen LogP contribution in [0.5, 0.6) is 0 Å². The second-order valence-electron chi connectivity index (χ2n) is 4.65. The molecule has 0 saturated carbocycles. The van der Waals surface area contributed by atoms with Gasteiger partial charge in [-0.1, -0.05) is 48.4 Å². The summed E-state index contributed by atoms with van der Waals surface area (Å²) < 4.78 is 6.10. The van der Waals surface area contributed by atoms with Crippen LogP contribution in [-0.2, 0) is 9.53 Å². The third-order valence-electron chi connectivity index (χ3n) is 3.08. The van der Waals surface area contributed by atoms with E-state index in [2.05, 4.69) is 29.8 Å². The van der Waals surface area contributed by atoms with Crippen molar-refractivity contribution < 1.29 is 9.53 Å². The highest BCUT2D eigenvalue weighted by molar-refractivity contribution is 9.11. The predicted octanol–water partition coefficient (Wildman–Crippen LogP) is 4.50. The van der Waals surface area contributed by atoms with Gasteiger partial charge in [-0.15, -0.1) is 0 Å². The lowest BCUT2D eigenvalue weighted by Gasteiger charge is -2.13. The molecular weight excluding hydrogens is 292 g/mol. The Balaban J connectivity index is 0.000000321. The highest BCUT2D eigenvalue weighted by atomic mass is 79.9. The number of hydrogen-bond acceptors (Lipinski definition) is 2. The molecule has 0 spiro atoms. The molecule has 2 nitrogen and oxygen atoms in total. The summed E-state index contributed by atoms with van der Waals surface area (Å²) in [6.07, 6.45) is 7.80. The number of ether oxygens (including phenoxy) is 1. The van der Waals surface area contributed by atoms with Crippen molar-refractivity contribution in [3.05, 3.63) is 22.7 Å². The molecule has 0 bridgehead atoms. The van der Waals surface area contributed by atoms with Crippen LogP contribution in [0.4, 0.5) is 0 Å². The van der Waals surface area contributed by atoms with E-state index < -0.39 is 0 Å². The van der Waals surface area contributed by atoms with Crippen LogP contribution in [0.25, 0.3) is 0 Å². The Kier molecular flexibility index (Phi) is 10.3. The Morgan fingerprint density at radius 2 is 2.22 bits per heavy atom. The van der Waals surface area contributed by atoms with Gasteiger partial charge in [-0.2, -0.15) is 0 Å². The highest BCUT2D eigenvalue weighted by Gasteiger charge is 2.20. The van der Waals surface area contributed by atoms with E-state index in [1.165, 1.54) is 25.8 Å². The lowest BCUT2D eigenvalue weighted by molar-refractivity contribution is -0.112. The summed E-state index contributed by atoms with van der Waals surface area (Å²) in [4.78, 5) is 10.4. The standard InChI is InChI=1S/C8H16O.C7H9BrO/c1-3-7(2)8-4-5-9-6-8;1-3-4-7(8)5-6(2)9/h7-8H,3-6H2,1-2H3;3-5H,1-2H3/b;4-3-,7-5+. The van der Waals surface area contributed by atoms with Gasteiger partial charge in [-0.3, -0.25) is 4.79 Å². The van der Waals surface area contributed by atoms with Gasteiger partial charge in [-0.25, -0.2) is 0 Å². The molecule has 1 aliphatic heterocycles. The van der Waals surface area contributed by atoms with E-state index in [0.29, 0.717) is 0 Å². The van der Waals surface area contributed by atoms with Crippen LogP contribution < -0.4 is 0 Å². The third-order valence-corrected chi connectivity index (χ3v) is 3.57. The molecule has 1 saturated heterocycles. The molecule has 0 aromatic heterocycles. The second kappa shape index (κ2) is 10.5. The Morgan fingerprint density at radius 1 is 1.56 bits per heavy atom. The smallest absolute Gasteiger partial charge is 0.153 e. The topological polar surface area (TPSA) is 26.3 Å². The van der Waals surface area contributed by atoms with Gasteiger partial charge in [0.05, 0.1) is 0 Å². The van der Waals surface area contributed by atoms with Crippen LogP contribution in [0, 0.1) is 11.8 Å². The fourth-order valence-electron chi connectivity index (χ4n) is 1.74. The van der Waals surface area contributed by atoms with Gasteiger partial charge >= 0.3 is 0 Å². The largest absolute Gasteiger partial charge is 0.381 e. The molecule has 0 N–H and O–H groups in total. The Bertz CT molecular complexity index is 289. The van der Waals surface area contributed by atoms with Crippen LogP contribution in [0.2, 0.25) is 0 Å². The summed E-state index contributed by atoms with van der Waals surface area (Å²) in [5.74, 6) is 1.78. The summed E-state index contributed by atoms with van der Waals surface area (Å²) in [5, 5.41) is 0. The van der Waals surface area contributed by atoms with Gasteiger partial charge in [0.1, 0.15) is 0 Å². The Morgan fingerprint density at radius 3 is 2.61 bits per heavy atom. The zero-order chi connectivity index (χ0) is 14.0. The van der Waals surface area contributed by atoms with Gasteiger partial charge in [0.15, 0.2) is 5.78 Å². The molecule has 3 heteroatoms. The number of ketones is 1. The number of allylic oxidation sites excluding steroid dienone is 4. The average Bonchev–Trinajstić information content (AvgIpc) is 2.81. The highest BCUT2D eigenvalue weighted by Crippen LogP contribution is 2.23. The van der Waals surface area contributed by atoms with E-state index in [1.807, 2.05) is 19.1 Å². The molecule has 1 heterocycles. The van der Waals surface area contributed by atoms with Gasteiger partial charge < -0.3 is 4.74 Å². The molecule has 2 atom stereocenters. The monoisotopic (exact) mass is 316 g/mol. The molecule has 1 rings (SSSR count). The summed E-state index contributed by atoms with van der Waals surface area (Å²) >= 11 is 3.19. The van der Waals surface area contributed by atoms with Crippen molar-refractivity contribution in [2.24, 2.45) is 11.8 Å². The van der Waals surface area contributed by atoms with E-state index in [1.54, 1.807) is 0 Å². The zero-order valence-electron chi connectivity index (χ0n) is 11.9. The van der Waals surface area contributed by atoms with Crippen molar-refractivity contribution in [1.29, 1.82) is 0 Å². The minimum absolute atomic E-state index is 0.0555. The minimum atomic E-state index is 0.0555. The predicted molar refractivity (Wildman–Crippen MR) is 80.9 cm³/mol. The van der Waals surface area contributed by atoms with Crippen LogP contribution in [0.3, 0.4) is 0 Å². The molecule has 104 valence electrons. The first-order chi connectivity index (χ1) is 8.51. The molecule has 2 unspecified atom stereocenters. The van der Waals surface area contributed by atoms with Gasteiger partial charge in [-0.05, 0) is 38.2 Å². The summed E-state index contributed by atoms with van der Waals surface area (Å²) in [6.45, 7) is 9.99. The molecule has 0 radical (unpaired) electrons. The summed E-state index contributed by atoms with van der Waals surface area (Å²) in [5.41, 5.74) is 0. The maximum atomic E-state index is 10.4. The molecule has 1 aliphatic rings. The van der Waals surface area contributed by atoms with E-state index in [4.69, 9.17) is 4.74 Å². The fourth-order valence-corrected chi connectivity index (χ4v) is 2.32. The van der Waals surface area contributed by atoms with Crippen LogP contribution in [0.15, 0.2) is 22.7 Å². The SMILES string of the molecule is C/C=C\C(Br)=C/C(C)=O.CCC(C)C1CCOC1. The number of halogens is 1. The van der Waals surface area contributed by atoms with Gasteiger partial charge in [0, 0.05) is 17.7 Å². The third kappa shape index (κ3) is 8.65. The van der Waals surface area contributed by atoms with E-state index in [0.717, 1.165) is 29.5 Å². The summed E-state index contributed by atoms with van der Waals surface area (Å²) in [7, 11) is 0. The zero-order valence-corrected chi connectivity index (χ0v) is 13.5. The van der Waals surface area contributed by atoms with E-state index in [-0.39, 0.29) is 5.78 Å². The van der Waals surface area contributed by atoms with Crippen molar-refractivity contribution in [2.75, 3.05) is 13.2 Å². The first-order valence-corrected chi connectivity index (χ1v) is 7.38. The first kappa shape index (κ1) is 17.6. The average molecular weight is 317 g/mol. The van der Waals surface area contributed by atoms with Crippen molar-refractivity contribution in [1.82, 2.24) is 0 Å². The molecule has 0 amide bonds. The van der Waals surface area contributed by atoms with Gasteiger partial charge in [0.25, 0.3) is 0 Å². The van der Waals surface area contributed by atoms with Gasteiger partial charge in [0.2, 0.25) is 0 Å². The molecule has 0 aromatic rings. The van der Waals surface area contributed by atoms with E-state index >= 15 is 0 Å². The van der Waals surface area contributed by atoms with Crippen molar-refractivity contribution >= 4 is 21.7 Å². The van der Waals surface area contributed by atoms with Crippen LogP contribution in [0.1, 0.15) is 40.5 Å². The molecule has 0 aromatic carbocycles. The Hall–Kier alpha value is -0.410.